The van der Waals surface area contributed by atoms with Gasteiger partial charge in [-0.3, -0.25) is 0 Å². The highest BCUT2D eigenvalue weighted by Crippen LogP contribution is 2.44. The summed E-state index contributed by atoms with van der Waals surface area (Å²) in [5, 5.41) is 3.78. The molecular weight excluding hydrogens is 186 g/mol. The van der Waals surface area contributed by atoms with Crippen LogP contribution >= 0.6 is 0 Å². The van der Waals surface area contributed by atoms with E-state index in [1.165, 1.54) is 19.3 Å². The van der Waals surface area contributed by atoms with Crippen LogP contribution in [0.3, 0.4) is 0 Å². The van der Waals surface area contributed by atoms with E-state index in [1.807, 2.05) is 0 Å². The molecule has 0 aromatic carbocycles. The number of hydrogen-bond acceptors (Lipinski definition) is 2. The predicted octanol–water partition coefficient (Wildman–Crippen LogP) is 2.58. The Morgan fingerprint density at radius 2 is 2.07 bits per heavy atom. The summed E-state index contributed by atoms with van der Waals surface area (Å²) in [4.78, 5) is 0. The third-order valence-corrected chi connectivity index (χ3v) is 4.34. The summed E-state index contributed by atoms with van der Waals surface area (Å²) in [5.74, 6) is 0.951. The summed E-state index contributed by atoms with van der Waals surface area (Å²) in [6.07, 6.45) is 4.51. The van der Waals surface area contributed by atoms with Crippen LogP contribution in [-0.4, -0.2) is 24.8 Å². The zero-order valence-electron chi connectivity index (χ0n) is 10.5. The van der Waals surface area contributed by atoms with Gasteiger partial charge >= 0.3 is 0 Å². The molecule has 0 aromatic heterocycles. The molecule has 15 heavy (non-hydrogen) atoms. The first-order chi connectivity index (χ1) is 7.05. The molecule has 88 valence electrons. The number of rotatable bonds is 5. The molecule has 3 atom stereocenters. The molecule has 0 radical (unpaired) electrons. The highest BCUT2D eigenvalue weighted by atomic mass is 16.5. The molecule has 0 bridgehead atoms. The van der Waals surface area contributed by atoms with Gasteiger partial charge in [0.1, 0.15) is 0 Å². The van der Waals surface area contributed by atoms with Crippen molar-refractivity contribution in [1.82, 2.24) is 5.32 Å². The molecule has 0 amide bonds. The first-order valence-electron chi connectivity index (χ1n) is 6.43. The molecule has 2 rings (SSSR count). The van der Waals surface area contributed by atoms with Crippen LogP contribution in [0.5, 0.6) is 0 Å². The van der Waals surface area contributed by atoms with E-state index in [1.54, 1.807) is 0 Å². The maximum absolute atomic E-state index is 5.74. The molecule has 0 aliphatic heterocycles. The van der Waals surface area contributed by atoms with Crippen LogP contribution in [0.15, 0.2) is 0 Å². The maximum Gasteiger partial charge on any atom is 0.0655 e. The average molecular weight is 211 g/mol. The molecule has 2 heteroatoms. The lowest BCUT2D eigenvalue weighted by Gasteiger charge is -2.52. The van der Waals surface area contributed by atoms with E-state index >= 15 is 0 Å². The largest absolute Gasteiger partial charge is 0.378 e. The maximum atomic E-state index is 5.74. The van der Waals surface area contributed by atoms with Crippen LogP contribution < -0.4 is 5.32 Å². The summed E-state index contributed by atoms with van der Waals surface area (Å²) in [7, 11) is 0. The SMILES string of the molecule is CCOC1CC(NC(C)C2CC2)C1(C)C. The molecule has 1 N–H and O–H groups in total. The average Bonchev–Trinajstić information content (AvgIpc) is 2.99. The minimum atomic E-state index is 0.319. The highest BCUT2D eigenvalue weighted by Gasteiger charge is 2.49. The second-order valence-corrected chi connectivity index (χ2v) is 5.85. The van der Waals surface area contributed by atoms with Crippen LogP contribution in [0.2, 0.25) is 0 Å². The van der Waals surface area contributed by atoms with Crippen LogP contribution in [0.25, 0.3) is 0 Å². The predicted molar refractivity (Wildman–Crippen MR) is 62.9 cm³/mol. The van der Waals surface area contributed by atoms with Gasteiger partial charge in [0, 0.05) is 24.1 Å². The van der Waals surface area contributed by atoms with Gasteiger partial charge < -0.3 is 10.1 Å². The third kappa shape index (κ3) is 2.21. The van der Waals surface area contributed by atoms with Gasteiger partial charge in [-0.1, -0.05) is 13.8 Å². The van der Waals surface area contributed by atoms with E-state index in [0.717, 1.165) is 12.5 Å². The van der Waals surface area contributed by atoms with Crippen molar-refractivity contribution in [3.05, 3.63) is 0 Å². The van der Waals surface area contributed by atoms with Gasteiger partial charge in [0.05, 0.1) is 6.10 Å². The first kappa shape index (κ1) is 11.4. The molecule has 0 heterocycles. The van der Waals surface area contributed by atoms with Gasteiger partial charge in [0.25, 0.3) is 0 Å². The summed E-state index contributed by atoms with van der Waals surface area (Å²) in [5.41, 5.74) is 0.319. The topological polar surface area (TPSA) is 21.3 Å². The first-order valence-corrected chi connectivity index (χ1v) is 6.43. The van der Waals surface area contributed by atoms with E-state index in [4.69, 9.17) is 4.74 Å². The number of ether oxygens (including phenoxy) is 1. The molecule has 3 unspecified atom stereocenters. The minimum absolute atomic E-state index is 0.319. The Labute approximate surface area is 93.8 Å². The van der Waals surface area contributed by atoms with Gasteiger partial charge in [0.15, 0.2) is 0 Å². The van der Waals surface area contributed by atoms with Crippen LogP contribution in [0.1, 0.15) is 47.0 Å². The van der Waals surface area contributed by atoms with Gasteiger partial charge in [-0.05, 0) is 39.0 Å². The summed E-state index contributed by atoms with van der Waals surface area (Å²) >= 11 is 0. The molecule has 0 aromatic rings. The molecular formula is C13H25NO. The Bertz CT molecular complexity index is 223. The molecule has 2 aliphatic rings. The van der Waals surface area contributed by atoms with Crippen molar-refractivity contribution >= 4 is 0 Å². The minimum Gasteiger partial charge on any atom is -0.378 e. The quantitative estimate of drug-likeness (QED) is 0.754. The van der Waals surface area contributed by atoms with Crippen LogP contribution in [0.4, 0.5) is 0 Å². The van der Waals surface area contributed by atoms with E-state index < -0.39 is 0 Å². The van der Waals surface area contributed by atoms with E-state index in [-0.39, 0.29) is 0 Å². The second kappa shape index (κ2) is 4.06. The summed E-state index contributed by atoms with van der Waals surface area (Å²) in [6, 6.07) is 1.36. The van der Waals surface area contributed by atoms with E-state index in [9.17, 15) is 0 Å². The van der Waals surface area contributed by atoms with Crippen LogP contribution in [0, 0.1) is 11.3 Å². The number of nitrogens with one attached hydrogen (secondary N) is 1. The van der Waals surface area contributed by atoms with Crippen molar-refractivity contribution in [1.29, 1.82) is 0 Å². The van der Waals surface area contributed by atoms with Gasteiger partial charge in [0.2, 0.25) is 0 Å². The highest BCUT2D eigenvalue weighted by molar-refractivity contribution is 5.04. The lowest BCUT2D eigenvalue weighted by molar-refractivity contribution is -0.116. The van der Waals surface area contributed by atoms with Crippen molar-refractivity contribution in [3.8, 4) is 0 Å². The zero-order valence-corrected chi connectivity index (χ0v) is 10.5. The Morgan fingerprint density at radius 1 is 1.40 bits per heavy atom. The molecule has 2 aliphatic carbocycles. The van der Waals surface area contributed by atoms with Crippen molar-refractivity contribution in [3.63, 3.8) is 0 Å². The Morgan fingerprint density at radius 3 is 2.53 bits per heavy atom. The fraction of sp³-hybridized carbons (Fsp3) is 1.00. The van der Waals surface area contributed by atoms with Crippen molar-refractivity contribution in [2.75, 3.05) is 6.61 Å². The molecule has 2 fully saturated rings. The standard InChI is InChI=1S/C13H25NO/c1-5-15-12-8-11(13(12,3)4)14-9(2)10-6-7-10/h9-12,14H,5-8H2,1-4H3. The van der Waals surface area contributed by atoms with Crippen molar-refractivity contribution < 1.29 is 4.74 Å². The Balaban J connectivity index is 1.80. The lowest BCUT2D eigenvalue weighted by atomic mass is 9.64. The van der Waals surface area contributed by atoms with E-state index in [0.29, 0.717) is 23.6 Å². The summed E-state index contributed by atoms with van der Waals surface area (Å²) < 4.78 is 5.74. The second-order valence-electron chi connectivity index (χ2n) is 5.85. The fourth-order valence-electron chi connectivity index (χ4n) is 2.70. The Hall–Kier alpha value is -0.0800. The van der Waals surface area contributed by atoms with E-state index in [2.05, 4.69) is 33.0 Å². The normalized spacial score (nSPS) is 36.0. The van der Waals surface area contributed by atoms with Crippen molar-refractivity contribution in [2.24, 2.45) is 11.3 Å². The smallest absolute Gasteiger partial charge is 0.0655 e. The Kier molecular flexibility index (Phi) is 3.09. The molecule has 0 saturated heterocycles. The zero-order chi connectivity index (χ0) is 11.1. The fourth-order valence-corrected chi connectivity index (χ4v) is 2.70. The molecule has 2 nitrogen and oxygen atoms in total. The van der Waals surface area contributed by atoms with Gasteiger partial charge in [-0.2, -0.15) is 0 Å². The van der Waals surface area contributed by atoms with Gasteiger partial charge in [-0.15, -0.1) is 0 Å². The van der Waals surface area contributed by atoms with Crippen molar-refractivity contribution in [2.45, 2.75) is 65.1 Å². The monoisotopic (exact) mass is 211 g/mol. The molecule has 2 saturated carbocycles. The lowest BCUT2D eigenvalue weighted by Crippen LogP contribution is -2.62. The van der Waals surface area contributed by atoms with Gasteiger partial charge in [-0.25, -0.2) is 0 Å². The molecule has 0 spiro atoms. The third-order valence-electron chi connectivity index (χ3n) is 4.34. The summed E-state index contributed by atoms with van der Waals surface area (Å²) in [6.45, 7) is 9.92. The van der Waals surface area contributed by atoms with Crippen LogP contribution in [-0.2, 0) is 4.74 Å². The number of hydrogen-bond donors (Lipinski definition) is 1.